The van der Waals surface area contributed by atoms with Crippen LogP contribution >= 0.6 is 0 Å². The summed E-state index contributed by atoms with van der Waals surface area (Å²) in [7, 11) is 5.16. The van der Waals surface area contributed by atoms with Crippen molar-refractivity contribution < 1.29 is 4.79 Å². The van der Waals surface area contributed by atoms with Crippen LogP contribution in [0.4, 0.5) is 5.69 Å². The molecule has 1 N–H and O–H groups in total. The Kier molecular flexibility index (Phi) is 4.16. The van der Waals surface area contributed by atoms with Crippen molar-refractivity contribution in [3.8, 4) is 5.69 Å². The molecule has 2 aromatic rings. The van der Waals surface area contributed by atoms with Gasteiger partial charge in [0, 0.05) is 21.1 Å². The Morgan fingerprint density at radius 3 is 2.48 bits per heavy atom. The Labute approximate surface area is 123 Å². The quantitative estimate of drug-likeness (QED) is 0.899. The SMILES string of the molecule is CNC(=O)CN(C)c1c(C)n(C)n(-c2ccccc2)c1=O. The number of likely N-dealkylation sites (N-methyl/N-ethyl adjacent to an activating group) is 2. The third-order valence-corrected chi connectivity index (χ3v) is 3.57. The largest absolute Gasteiger partial charge is 0.359 e. The Hall–Kier alpha value is -2.50. The summed E-state index contributed by atoms with van der Waals surface area (Å²) in [5, 5.41) is 2.56. The molecule has 0 spiro atoms. The summed E-state index contributed by atoms with van der Waals surface area (Å²) in [4.78, 5) is 25.9. The molecule has 0 aliphatic rings. The van der Waals surface area contributed by atoms with Gasteiger partial charge < -0.3 is 10.2 Å². The highest BCUT2D eigenvalue weighted by Crippen LogP contribution is 2.16. The van der Waals surface area contributed by atoms with Crippen LogP contribution in [-0.2, 0) is 11.8 Å². The number of carbonyl (C=O) groups excluding carboxylic acids is 1. The molecule has 2 rings (SSSR count). The molecule has 1 heterocycles. The van der Waals surface area contributed by atoms with Crippen LogP contribution in [0.15, 0.2) is 35.1 Å². The molecule has 112 valence electrons. The van der Waals surface area contributed by atoms with E-state index in [1.165, 1.54) is 0 Å². The van der Waals surface area contributed by atoms with E-state index in [4.69, 9.17) is 0 Å². The molecule has 0 unspecified atom stereocenters. The molecule has 0 aliphatic heterocycles. The van der Waals surface area contributed by atoms with Crippen molar-refractivity contribution in [2.75, 3.05) is 25.5 Å². The lowest BCUT2D eigenvalue weighted by atomic mass is 10.3. The van der Waals surface area contributed by atoms with Gasteiger partial charge in [0.1, 0.15) is 5.69 Å². The number of para-hydroxylation sites is 1. The highest BCUT2D eigenvalue weighted by molar-refractivity contribution is 5.81. The maximum Gasteiger partial charge on any atom is 0.295 e. The van der Waals surface area contributed by atoms with Gasteiger partial charge in [-0.25, -0.2) is 4.68 Å². The number of nitrogens with zero attached hydrogens (tertiary/aromatic N) is 3. The Balaban J connectivity index is 2.51. The Bertz CT molecular complexity index is 700. The van der Waals surface area contributed by atoms with Crippen molar-refractivity contribution in [2.45, 2.75) is 6.92 Å². The fourth-order valence-corrected chi connectivity index (χ4v) is 2.37. The van der Waals surface area contributed by atoms with E-state index < -0.39 is 0 Å². The third-order valence-electron chi connectivity index (χ3n) is 3.57. The zero-order valence-electron chi connectivity index (χ0n) is 12.8. The average Bonchev–Trinajstić information content (AvgIpc) is 2.70. The van der Waals surface area contributed by atoms with E-state index in [1.807, 2.05) is 44.3 Å². The molecule has 0 bridgehead atoms. The number of hydrogen-bond donors (Lipinski definition) is 1. The first kappa shape index (κ1) is 14.9. The molecular weight excluding hydrogens is 268 g/mol. The lowest BCUT2D eigenvalue weighted by Gasteiger charge is -2.16. The molecule has 0 fully saturated rings. The predicted octanol–water partition coefficient (Wildman–Crippen LogP) is 0.667. The van der Waals surface area contributed by atoms with E-state index in [0.717, 1.165) is 11.4 Å². The molecule has 21 heavy (non-hydrogen) atoms. The van der Waals surface area contributed by atoms with Gasteiger partial charge >= 0.3 is 0 Å². The Morgan fingerprint density at radius 2 is 1.90 bits per heavy atom. The Morgan fingerprint density at radius 1 is 1.29 bits per heavy atom. The molecule has 1 aromatic heterocycles. The summed E-state index contributed by atoms with van der Waals surface area (Å²) in [5.74, 6) is -0.133. The van der Waals surface area contributed by atoms with Crippen LogP contribution in [0.1, 0.15) is 5.69 Å². The van der Waals surface area contributed by atoms with Crippen LogP contribution in [0.3, 0.4) is 0 Å². The number of amides is 1. The minimum absolute atomic E-state index is 0.132. The molecular formula is C15H20N4O2. The topological polar surface area (TPSA) is 59.3 Å². The van der Waals surface area contributed by atoms with E-state index >= 15 is 0 Å². The monoisotopic (exact) mass is 288 g/mol. The highest BCUT2D eigenvalue weighted by atomic mass is 16.2. The number of benzene rings is 1. The maximum absolute atomic E-state index is 12.7. The number of carbonyl (C=O) groups is 1. The minimum Gasteiger partial charge on any atom is -0.359 e. The first-order valence-corrected chi connectivity index (χ1v) is 6.73. The standard InChI is InChI=1S/C15H20N4O2/c1-11-14(17(3)10-13(20)16-2)15(21)19(18(11)4)12-8-6-5-7-9-12/h5-9H,10H2,1-4H3,(H,16,20). The van der Waals surface area contributed by atoms with Crippen molar-refractivity contribution in [1.82, 2.24) is 14.7 Å². The lowest BCUT2D eigenvalue weighted by Crippen LogP contribution is -2.35. The highest BCUT2D eigenvalue weighted by Gasteiger charge is 2.20. The first-order valence-electron chi connectivity index (χ1n) is 6.73. The molecule has 0 saturated heterocycles. The van der Waals surface area contributed by atoms with E-state index in [9.17, 15) is 9.59 Å². The normalized spacial score (nSPS) is 10.5. The summed E-state index contributed by atoms with van der Waals surface area (Å²) in [6.07, 6.45) is 0. The second-order valence-corrected chi connectivity index (χ2v) is 4.94. The molecule has 1 amide bonds. The van der Waals surface area contributed by atoms with Gasteiger partial charge in [-0.3, -0.25) is 14.3 Å². The van der Waals surface area contributed by atoms with Crippen molar-refractivity contribution in [3.05, 3.63) is 46.4 Å². The molecule has 0 aliphatic carbocycles. The number of hydrogen-bond acceptors (Lipinski definition) is 3. The summed E-state index contributed by atoms with van der Waals surface area (Å²) in [6, 6.07) is 9.44. The fourth-order valence-electron chi connectivity index (χ4n) is 2.37. The van der Waals surface area contributed by atoms with Crippen LogP contribution in [0.25, 0.3) is 5.69 Å². The number of aromatic nitrogens is 2. The zero-order valence-corrected chi connectivity index (χ0v) is 12.8. The van der Waals surface area contributed by atoms with E-state index in [1.54, 1.807) is 28.4 Å². The van der Waals surface area contributed by atoms with Gasteiger partial charge in [-0.2, -0.15) is 0 Å². The first-order chi connectivity index (χ1) is 9.97. The third kappa shape index (κ3) is 2.69. The molecule has 0 atom stereocenters. The molecule has 0 radical (unpaired) electrons. The zero-order chi connectivity index (χ0) is 15.6. The number of anilines is 1. The smallest absolute Gasteiger partial charge is 0.295 e. The second-order valence-electron chi connectivity index (χ2n) is 4.94. The average molecular weight is 288 g/mol. The fraction of sp³-hybridized carbons (Fsp3) is 0.333. The summed E-state index contributed by atoms with van der Waals surface area (Å²) < 4.78 is 3.40. The molecule has 1 aromatic carbocycles. The molecule has 6 nitrogen and oxygen atoms in total. The van der Waals surface area contributed by atoms with E-state index in [2.05, 4.69) is 5.32 Å². The number of nitrogens with one attached hydrogen (secondary N) is 1. The number of rotatable bonds is 4. The van der Waals surface area contributed by atoms with Crippen molar-refractivity contribution in [2.24, 2.45) is 7.05 Å². The van der Waals surface area contributed by atoms with Crippen LogP contribution in [-0.4, -0.2) is 35.9 Å². The van der Waals surface area contributed by atoms with Crippen molar-refractivity contribution >= 4 is 11.6 Å². The summed E-state index contributed by atoms with van der Waals surface area (Å²) in [6.45, 7) is 2.02. The van der Waals surface area contributed by atoms with E-state index in [0.29, 0.717) is 5.69 Å². The van der Waals surface area contributed by atoms with Crippen molar-refractivity contribution in [3.63, 3.8) is 0 Å². The maximum atomic E-state index is 12.7. The second kappa shape index (κ2) is 5.87. The van der Waals surface area contributed by atoms with Gasteiger partial charge in [0.15, 0.2) is 0 Å². The summed E-state index contributed by atoms with van der Waals surface area (Å²) >= 11 is 0. The molecule has 0 saturated carbocycles. The van der Waals surface area contributed by atoms with Gasteiger partial charge in [0.2, 0.25) is 5.91 Å². The van der Waals surface area contributed by atoms with Crippen LogP contribution in [0.2, 0.25) is 0 Å². The lowest BCUT2D eigenvalue weighted by molar-refractivity contribution is -0.119. The predicted molar refractivity (Wildman–Crippen MR) is 83.1 cm³/mol. The van der Waals surface area contributed by atoms with Crippen LogP contribution in [0, 0.1) is 6.92 Å². The van der Waals surface area contributed by atoms with Gasteiger partial charge in [-0.15, -0.1) is 0 Å². The molecule has 6 heteroatoms. The van der Waals surface area contributed by atoms with Crippen molar-refractivity contribution in [1.29, 1.82) is 0 Å². The summed E-state index contributed by atoms with van der Waals surface area (Å²) in [5.41, 5.74) is 2.01. The van der Waals surface area contributed by atoms with Crippen LogP contribution < -0.4 is 15.8 Å². The van der Waals surface area contributed by atoms with Gasteiger partial charge in [0.05, 0.1) is 17.9 Å². The van der Waals surface area contributed by atoms with E-state index in [-0.39, 0.29) is 18.0 Å². The minimum atomic E-state index is -0.133. The van der Waals surface area contributed by atoms with Gasteiger partial charge in [0.25, 0.3) is 5.56 Å². The van der Waals surface area contributed by atoms with Gasteiger partial charge in [-0.05, 0) is 19.1 Å². The van der Waals surface area contributed by atoms with Crippen LogP contribution in [0.5, 0.6) is 0 Å². The van der Waals surface area contributed by atoms with Gasteiger partial charge in [-0.1, -0.05) is 18.2 Å².